The number of rotatable bonds is 4. The van der Waals surface area contributed by atoms with E-state index in [4.69, 9.17) is 0 Å². The Hall–Kier alpha value is -2.30. The molecule has 1 heterocycles. The molecule has 92 valence electrons. The van der Waals surface area contributed by atoms with Gasteiger partial charge in [0.25, 0.3) is 0 Å². The van der Waals surface area contributed by atoms with Crippen LogP contribution >= 0.6 is 0 Å². The molecular weight excluding hydrogens is 235 g/mol. The van der Waals surface area contributed by atoms with Gasteiger partial charge in [0.1, 0.15) is 17.6 Å². The van der Waals surface area contributed by atoms with Crippen LogP contribution in [-0.4, -0.2) is 21.0 Å². The number of hydrogen-bond donors (Lipinski definition) is 1. The minimum absolute atomic E-state index is 0.236. The number of aliphatic carboxylic acids is 1. The Morgan fingerprint density at radius 3 is 2.39 bits per heavy atom. The number of halogens is 1. The Morgan fingerprint density at radius 1 is 1.22 bits per heavy atom. The molecule has 5 heteroatoms. The Labute approximate surface area is 103 Å². The summed E-state index contributed by atoms with van der Waals surface area (Å²) in [6.45, 7) is 0. The van der Waals surface area contributed by atoms with E-state index in [9.17, 15) is 14.3 Å². The number of nitrogens with zero attached hydrogens (tertiary/aromatic N) is 2. The van der Waals surface area contributed by atoms with Crippen LogP contribution < -0.4 is 0 Å². The zero-order chi connectivity index (χ0) is 13.0. The van der Waals surface area contributed by atoms with Crippen LogP contribution in [-0.2, 0) is 11.2 Å². The van der Waals surface area contributed by atoms with Crippen molar-refractivity contribution in [3.63, 3.8) is 0 Å². The van der Waals surface area contributed by atoms with Crippen LogP contribution in [0.25, 0.3) is 0 Å². The number of carboxylic acids is 1. The van der Waals surface area contributed by atoms with Crippen molar-refractivity contribution in [2.75, 3.05) is 0 Å². The average molecular weight is 246 g/mol. The highest BCUT2D eigenvalue weighted by Crippen LogP contribution is 2.18. The second-order valence-electron chi connectivity index (χ2n) is 3.83. The standard InChI is InChI=1S/C13H11FN2O2/c14-10-4-2-9(3-5-10)8-11(13(17)18)12-15-6-1-7-16-12/h1-7,11H,8H2,(H,17,18). The van der Waals surface area contributed by atoms with Crippen LogP contribution in [0.2, 0.25) is 0 Å². The molecule has 1 aromatic carbocycles. The second kappa shape index (κ2) is 5.35. The predicted octanol–water partition coefficient (Wildman–Crippen LogP) is 2.03. The van der Waals surface area contributed by atoms with Gasteiger partial charge in [0.2, 0.25) is 0 Å². The van der Waals surface area contributed by atoms with E-state index in [1.54, 1.807) is 18.2 Å². The van der Waals surface area contributed by atoms with E-state index >= 15 is 0 Å². The second-order valence-corrected chi connectivity index (χ2v) is 3.83. The molecule has 1 atom stereocenters. The number of carbonyl (C=O) groups is 1. The van der Waals surface area contributed by atoms with E-state index in [1.807, 2.05) is 0 Å². The van der Waals surface area contributed by atoms with Gasteiger partial charge in [-0.3, -0.25) is 4.79 Å². The van der Waals surface area contributed by atoms with Crippen molar-refractivity contribution in [2.45, 2.75) is 12.3 Å². The van der Waals surface area contributed by atoms with Crippen molar-refractivity contribution in [3.05, 3.63) is 59.9 Å². The molecule has 0 amide bonds. The third-order valence-corrected chi connectivity index (χ3v) is 2.55. The van der Waals surface area contributed by atoms with Gasteiger partial charge in [0.05, 0.1) is 0 Å². The SMILES string of the molecule is O=C(O)C(Cc1ccc(F)cc1)c1ncccn1. The topological polar surface area (TPSA) is 63.1 Å². The molecule has 1 N–H and O–H groups in total. The van der Waals surface area contributed by atoms with Crippen LogP contribution in [0.4, 0.5) is 4.39 Å². The quantitative estimate of drug-likeness (QED) is 0.896. The summed E-state index contributed by atoms with van der Waals surface area (Å²) in [6, 6.07) is 7.36. The lowest BCUT2D eigenvalue weighted by atomic mass is 9.98. The summed E-state index contributed by atoms with van der Waals surface area (Å²) in [6.07, 6.45) is 3.24. The van der Waals surface area contributed by atoms with Gasteiger partial charge in [0.15, 0.2) is 0 Å². The summed E-state index contributed by atoms with van der Waals surface area (Å²) in [7, 11) is 0. The highest BCUT2D eigenvalue weighted by atomic mass is 19.1. The molecule has 2 rings (SSSR count). The van der Waals surface area contributed by atoms with E-state index in [2.05, 4.69) is 9.97 Å². The summed E-state index contributed by atoms with van der Waals surface area (Å²) in [5, 5.41) is 9.19. The Balaban J connectivity index is 2.22. The van der Waals surface area contributed by atoms with E-state index in [-0.39, 0.29) is 18.1 Å². The number of benzene rings is 1. The third kappa shape index (κ3) is 2.88. The summed E-state index contributed by atoms with van der Waals surface area (Å²) < 4.78 is 12.8. The number of aromatic nitrogens is 2. The lowest BCUT2D eigenvalue weighted by Crippen LogP contribution is -2.17. The molecular formula is C13H11FN2O2. The molecule has 0 aliphatic carbocycles. The van der Waals surface area contributed by atoms with Crippen molar-refractivity contribution >= 4 is 5.97 Å². The largest absolute Gasteiger partial charge is 0.481 e. The Bertz CT molecular complexity index is 528. The van der Waals surface area contributed by atoms with Crippen molar-refractivity contribution in [1.82, 2.24) is 9.97 Å². The highest BCUT2D eigenvalue weighted by Gasteiger charge is 2.22. The maximum Gasteiger partial charge on any atom is 0.314 e. The van der Waals surface area contributed by atoms with Gasteiger partial charge < -0.3 is 5.11 Å². The maximum atomic E-state index is 12.8. The van der Waals surface area contributed by atoms with Crippen molar-refractivity contribution in [3.8, 4) is 0 Å². The first kappa shape index (κ1) is 12.2. The van der Waals surface area contributed by atoms with Gasteiger partial charge in [-0.15, -0.1) is 0 Å². The van der Waals surface area contributed by atoms with E-state index in [0.717, 1.165) is 5.56 Å². The molecule has 0 aliphatic rings. The lowest BCUT2D eigenvalue weighted by molar-refractivity contribution is -0.139. The average Bonchev–Trinajstić information content (AvgIpc) is 2.38. The molecule has 0 saturated carbocycles. The molecule has 0 spiro atoms. The Morgan fingerprint density at radius 2 is 1.83 bits per heavy atom. The zero-order valence-corrected chi connectivity index (χ0v) is 9.45. The Kier molecular flexibility index (Phi) is 3.62. The van der Waals surface area contributed by atoms with Crippen LogP contribution in [0.1, 0.15) is 17.3 Å². The van der Waals surface area contributed by atoms with Gasteiger partial charge in [-0.2, -0.15) is 0 Å². The minimum atomic E-state index is -0.995. The van der Waals surface area contributed by atoms with Gasteiger partial charge in [-0.05, 0) is 30.2 Å². The minimum Gasteiger partial charge on any atom is -0.481 e. The number of carboxylic acid groups (broad SMARTS) is 1. The summed E-state index contributed by atoms with van der Waals surface area (Å²) >= 11 is 0. The van der Waals surface area contributed by atoms with Crippen molar-refractivity contribution in [2.24, 2.45) is 0 Å². The van der Waals surface area contributed by atoms with Gasteiger partial charge >= 0.3 is 5.97 Å². The van der Waals surface area contributed by atoms with Gasteiger partial charge in [-0.1, -0.05) is 12.1 Å². The van der Waals surface area contributed by atoms with E-state index in [0.29, 0.717) is 0 Å². The normalized spacial score (nSPS) is 12.1. The fourth-order valence-electron chi connectivity index (χ4n) is 1.64. The summed E-state index contributed by atoms with van der Waals surface area (Å²) in [5.41, 5.74) is 0.733. The van der Waals surface area contributed by atoms with Crippen LogP contribution in [0, 0.1) is 5.82 Å². The smallest absolute Gasteiger partial charge is 0.314 e. The van der Waals surface area contributed by atoms with Crippen LogP contribution in [0.5, 0.6) is 0 Å². The molecule has 0 aliphatic heterocycles. The fraction of sp³-hybridized carbons (Fsp3) is 0.154. The molecule has 4 nitrogen and oxygen atoms in total. The first-order valence-corrected chi connectivity index (χ1v) is 5.41. The number of hydrogen-bond acceptors (Lipinski definition) is 3. The van der Waals surface area contributed by atoms with Gasteiger partial charge in [-0.25, -0.2) is 14.4 Å². The molecule has 2 aromatic rings. The first-order valence-electron chi connectivity index (χ1n) is 5.41. The third-order valence-electron chi connectivity index (χ3n) is 2.55. The molecule has 0 bridgehead atoms. The predicted molar refractivity (Wildman–Crippen MR) is 62.5 cm³/mol. The first-order chi connectivity index (χ1) is 8.66. The van der Waals surface area contributed by atoms with E-state index < -0.39 is 11.9 Å². The molecule has 0 saturated heterocycles. The molecule has 1 aromatic heterocycles. The van der Waals surface area contributed by atoms with Gasteiger partial charge in [0, 0.05) is 12.4 Å². The maximum absolute atomic E-state index is 12.8. The molecule has 0 fully saturated rings. The van der Waals surface area contributed by atoms with Crippen LogP contribution in [0.15, 0.2) is 42.7 Å². The summed E-state index contributed by atoms with van der Waals surface area (Å²) in [4.78, 5) is 19.1. The lowest BCUT2D eigenvalue weighted by Gasteiger charge is -2.10. The zero-order valence-electron chi connectivity index (χ0n) is 9.45. The molecule has 1 unspecified atom stereocenters. The molecule has 0 radical (unpaired) electrons. The monoisotopic (exact) mass is 246 g/mol. The fourth-order valence-corrected chi connectivity index (χ4v) is 1.64. The van der Waals surface area contributed by atoms with Crippen molar-refractivity contribution in [1.29, 1.82) is 0 Å². The van der Waals surface area contributed by atoms with Crippen LogP contribution in [0.3, 0.4) is 0 Å². The highest BCUT2D eigenvalue weighted by molar-refractivity contribution is 5.75. The summed E-state index contributed by atoms with van der Waals surface area (Å²) in [5.74, 6) is -1.90. The molecule has 18 heavy (non-hydrogen) atoms. The van der Waals surface area contributed by atoms with E-state index in [1.165, 1.54) is 24.5 Å². The van der Waals surface area contributed by atoms with Crippen molar-refractivity contribution < 1.29 is 14.3 Å².